The van der Waals surface area contributed by atoms with Gasteiger partial charge in [0.15, 0.2) is 11.6 Å². The van der Waals surface area contributed by atoms with Crippen LogP contribution in [0.3, 0.4) is 0 Å². The highest BCUT2D eigenvalue weighted by molar-refractivity contribution is 6.46. The van der Waals surface area contributed by atoms with E-state index in [4.69, 9.17) is 51.1 Å². The maximum atomic E-state index is 13.0. The lowest BCUT2D eigenvalue weighted by atomic mass is 9.98. The summed E-state index contributed by atoms with van der Waals surface area (Å²) in [4.78, 5) is 26.0. The van der Waals surface area contributed by atoms with E-state index in [1.165, 1.54) is 0 Å². The molecule has 0 unspecified atom stereocenters. The molecule has 0 aliphatic rings. The van der Waals surface area contributed by atoms with Gasteiger partial charge >= 0.3 is 0 Å². The Bertz CT molecular complexity index is 1400. The smallest absolute Gasteiger partial charge is 0.165 e. The predicted molar refractivity (Wildman–Crippen MR) is 161 cm³/mol. The third-order valence-electron chi connectivity index (χ3n) is 6.49. The largest absolute Gasteiger partial charge is 0.454 e. The Hall–Kier alpha value is -2.82. The zero-order valence-corrected chi connectivity index (χ0v) is 24.5. The van der Waals surface area contributed by atoms with E-state index >= 15 is 0 Å². The Morgan fingerprint density at radius 1 is 0.590 bits per heavy atom. The number of rotatable bonds is 10. The van der Waals surface area contributed by atoms with Gasteiger partial charge in [-0.2, -0.15) is 0 Å². The molecule has 200 valence electrons. The molecule has 0 N–H and O–H groups in total. The van der Waals surface area contributed by atoms with Crippen molar-refractivity contribution in [2.24, 2.45) is 0 Å². The van der Waals surface area contributed by atoms with Gasteiger partial charge in [-0.15, -0.1) is 0 Å². The quantitative estimate of drug-likeness (QED) is 0.170. The van der Waals surface area contributed by atoms with Gasteiger partial charge in [-0.1, -0.05) is 107 Å². The van der Waals surface area contributed by atoms with Gasteiger partial charge in [-0.05, 0) is 61.1 Å². The SMILES string of the molecule is Cc1cc(Oc2cc(C)c(C(=O)CCc3ccccc3)c(Cl)c2Cl)c(Cl)c(Cl)c1C(=O)CCc1ccccc1. The Morgan fingerprint density at radius 2 is 0.949 bits per heavy atom. The Morgan fingerprint density at radius 3 is 1.31 bits per heavy atom. The first-order valence-electron chi connectivity index (χ1n) is 12.5. The highest BCUT2D eigenvalue weighted by Gasteiger charge is 2.24. The maximum Gasteiger partial charge on any atom is 0.165 e. The summed E-state index contributed by atoms with van der Waals surface area (Å²) in [5, 5.41) is 0.434. The van der Waals surface area contributed by atoms with Gasteiger partial charge in [-0.3, -0.25) is 9.59 Å². The van der Waals surface area contributed by atoms with E-state index in [1.807, 2.05) is 60.7 Å². The minimum absolute atomic E-state index is 0.0955. The number of halogens is 4. The molecular weight excluding hydrogens is 574 g/mol. The van der Waals surface area contributed by atoms with Crippen molar-refractivity contribution in [3.8, 4) is 11.5 Å². The fourth-order valence-corrected chi connectivity index (χ4v) is 5.52. The van der Waals surface area contributed by atoms with Gasteiger partial charge in [0.25, 0.3) is 0 Å². The van der Waals surface area contributed by atoms with Gasteiger partial charge < -0.3 is 4.74 Å². The van der Waals surface area contributed by atoms with Crippen LogP contribution in [0.4, 0.5) is 0 Å². The van der Waals surface area contributed by atoms with Crippen molar-refractivity contribution in [1.82, 2.24) is 0 Å². The molecule has 3 nitrogen and oxygen atoms in total. The second-order valence-electron chi connectivity index (χ2n) is 9.31. The molecule has 0 aromatic heterocycles. The lowest BCUT2D eigenvalue weighted by Gasteiger charge is -2.17. The molecule has 0 saturated carbocycles. The first kappa shape index (κ1) is 29.2. The van der Waals surface area contributed by atoms with Gasteiger partial charge in [0.1, 0.15) is 21.5 Å². The Balaban J connectivity index is 1.54. The molecule has 0 aliphatic heterocycles. The summed E-state index contributed by atoms with van der Waals surface area (Å²) < 4.78 is 6.04. The molecule has 0 heterocycles. The fourth-order valence-electron chi connectivity index (χ4n) is 4.45. The van der Waals surface area contributed by atoms with Crippen LogP contribution in [0, 0.1) is 13.8 Å². The number of ketones is 2. The third kappa shape index (κ3) is 6.85. The zero-order chi connectivity index (χ0) is 28.1. The van der Waals surface area contributed by atoms with E-state index in [9.17, 15) is 9.59 Å². The van der Waals surface area contributed by atoms with E-state index < -0.39 is 0 Å². The highest BCUT2D eigenvalue weighted by Crippen LogP contribution is 2.44. The first-order chi connectivity index (χ1) is 18.7. The number of benzene rings is 4. The van der Waals surface area contributed by atoms with Crippen molar-refractivity contribution >= 4 is 58.0 Å². The highest BCUT2D eigenvalue weighted by atomic mass is 35.5. The topological polar surface area (TPSA) is 43.4 Å². The molecule has 39 heavy (non-hydrogen) atoms. The van der Waals surface area contributed by atoms with Crippen LogP contribution in [0.1, 0.15) is 55.8 Å². The van der Waals surface area contributed by atoms with Crippen molar-refractivity contribution in [2.45, 2.75) is 39.5 Å². The van der Waals surface area contributed by atoms with Gasteiger partial charge in [-0.25, -0.2) is 0 Å². The molecule has 0 amide bonds. The van der Waals surface area contributed by atoms with E-state index in [0.717, 1.165) is 11.1 Å². The van der Waals surface area contributed by atoms with Crippen LogP contribution in [0.15, 0.2) is 72.8 Å². The summed E-state index contributed by atoms with van der Waals surface area (Å²) in [6.07, 6.45) is 1.77. The standard InChI is InChI=1S/C32H26Cl4O3/c1-19-17-25(29(33)31(35)27(19)23(37)15-13-21-9-5-3-6-10-21)39-26-18-20(2)28(32(36)30(26)34)24(38)16-14-22-11-7-4-8-12-22/h3-12,17-18H,13-16H2,1-2H3. The molecule has 4 aromatic carbocycles. The zero-order valence-electron chi connectivity index (χ0n) is 21.5. The summed E-state index contributed by atoms with van der Waals surface area (Å²) in [7, 11) is 0. The first-order valence-corrected chi connectivity index (χ1v) is 14.0. The molecule has 0 radical (unpaired) electrons. The average Bonchev–Trinajstić information content (AvgIpc) is 2.93. The Kier molecular flexibility index (Phi) is 9.74. The monoisotopic (exact) mass is 598 g/mol. The third-order valence-corrected chi connectivity index (χ3v) is 8.19. The number of Topliss-reactive ketones (excluding diaryl/α,β-unsaturated/α-hetero) is 2. The van der Waals surface area contributed by atoms with Crippen molar-refractivity contribution in [2.75, 3.05) is 0 Å². The summed E-state index contributed by atoms with van der Waals surface area (Å²) in [6, 6.07) is 22.8. The Labute approximate surface area is 248 Å². The molecule has 0 saturated heterocycles. The van der Waals surface area contributed by atoms with E-state index in [1.54, 1.807) is 26.0 Å². The minimum Gasteiger partial charge on any atom is -0.454 e. The normalized spacial score (nSPS) is 10.9. The molecule has 4 rings (SSSR count). The summed E-state index contributed by atoms with van der Waals surface area (Å²) >= 11 is 26.2. The second kappa shape index (κ2) is 13.0. The van der Waals surface area contributed by atoms with Gasteiger partial charge in [0, 0.05) is 24.0 Å². The molecule has 0 fully saturated rings. The number of ether oxygens (including phenoxy) is 1. The molecule has 0 spiro atoms. The maximum absolute atomic E-state index is 13.0. The van der Waals surface area contributed by atoms with Crippen LogP contribution < -0.4 is 4.74 Å². The van der Waals surface area contributed by atoms with Crippen LogP contribution in [0.25, 0.3) is 0 Å². The summed E-state index contributed by atoms with van der Waals surface area (Å²) in [5.41, 5.74) is 4.12. The van der Waals surface area contributed by atoms with Crippen LogP contribution in [0.5, 0.6) is 11.5 Å². The van der Waals surface area contributed by atoms with E-state index in [0.29, 0.717) is 47.9 Å². The molecule has 7 heteroatoms. The summed E-state index contributed by atoms with van der Waals surface area (Å²) in [6.45, 7) is 3.55. The molecular formula is C32H26Cl4O3. The average molecular weight is 600 g/mol. The number of carbonyl (C=O) groups excluding carboxylic acids is 2. The molecule has 0 aliphatic carbocycles. The molecule has 0 atom stereocenters. The van der Waals surface area contributed by atoms with Crippen LogP contribution in [-0.4, -0.2) is 11.6 Å². The number of carbonyl (C=O) groups is 2. The van der Waals surface area contributed by atoms with Gasteiger partial charge in [0.05, 0.1) is 10.0 Å². The van der Waals surface area contributed by atoms with Crippen molar-refractivity contribution in [3.63, 3.8) is 0 Å². The van der Waals surface area contributed by atoms with E-state index in [-0.39, 0.29) is 43.2 Å². The number of hydrogen-bond acceptors (Lipinski definition) is 3. The lowest BCUT2D eigenvalue weighted by Crippen LogP contribution is -2.07. The van der Waals surface area contributed by atoms with Crippen LogP contribution in [-0.2, 0) is 12.8 Å². The number of hydrogen-bond donors (Lipinski definition) is 0. The predicted octanol–water partition coefficient (Wildman–Crippen LogP) is 10.3. The molecule has 4 aromatic rings. The van der Waals surface area contributed by atoms with Gasteiger partial charge in [0.2, 0.25) is 0 Å². The lowest BCUT2D eigenvalue weighted by molar-refractivity contribution is 0.0974. The molecule has 0 bridgehead atoms. The fraction of sp³-hybridized carbons (Fsp3) is 0.188. The van der Waals surface area contributed by atoms with Crippen molar-refractivity contribution < 1.29 is 14.3 Å². The van der Waals surface area contributed by atoms with Crippen molar-refractivity contribution in [1.29, 1.82) is 0 Å². The second-order valence-corrected chi connectivity index (χ2v) is 10.8. The minimum atomic E-state index is -0.106. The number of aryl methyl sites for hydroxylation is 4. The van der Waals surface area contributed by atoms with Crippen molar-refractivity contribution in [3.05, 3.63) is 126 Å². The van der Waals surface area contributed by atoms with Crippen LogP contribution >= 0.6 is 46.4 Å². The summed E-state index contributed by atoms with van der Waals surface area (Å²) in [5.74, 6) is 0.258. The van der Waals surface area contributed by atoms with Crippen LogP contribution in [0.2, 0.25) is 20.1 Å². The van der Waals surface area contributed by atoms with E-state index in [2.05, 4.69) is 0 Å².